The van der Waals surface area contributed by atoms with Gasteiger partial charge in [-0.25, -0.2) is 12.8 Å². The second-order valence-corrected chi connectivity index (χ2v) is 9.72. The molecule has 2 N–H and O–H groups in total. The number of nitrogens with one attached hydrogen (secondary N) is 2. The minimum Gasteiger partial charge on any atom is -0.348 e. The largest absolute Gasteiger partial charge is 0.417 e. The molecule has 0 aliphatic heterocycles. The van der Waals surface area contributed by atoms with Gasteiger partial charge in [0.05, 0.1) is 28.8 Å². The Balaban J connectivity index is 1.83. The van der Waals surface area contributed by atoms with Gasteiger partial charge >= 0.3 is 6.18 Å². The SMILES string of the molecule is C#Cc1cc(CNC(=O)C=Cc2c(C(F)(F)F)ccnc2C=Cc2ccccc2)cc(F)c1NS(C)(=O)=O. The number of aromatic nitrogens is 1. The zero-order chi connectivity index (χ0) is 27.9. The number of carbonyl (C=O) groups excluding carboxylic acids is 1. The fraction of sp³-hybridized carbons (Fsp3) is 0.111. The van der Waals surface area contributed by atoms with Gasteiger partial charge in [0.25, 0.3) is 0 Å². The van der Waals surface area contributed by atoms with Crippen LogP contribution in [0, 0.1) is 18.2 Å². The number of anilines is 1. The minimum absolute atomic E-state index is 0.00225. The third kappa shape index (κ3) is 7.78. The van der Waals surface area contributed by atoms with Gasteiger partial charge in [-0.1, -0.05) is 42.3 Å². The van der Waals surface area contributed by atoms with Crippen LogP contribution in [-0.2, 0) is 27.5 Å². The highest BCUT2D eigenvalue weighted by molar-refractivity contribution is 7.92. The molecule has 1 amide bonds. The van der Waals surface area contributed by atoms with Crippen LogP contribution in [0.3, 0.4) is 0 Å². The van der Waals surface area contributed by atoms with Crippen LogP contribution in [0.1, 0.15) is 33.5 Å². The first-order chi connectivity index (χ1) is 17.9. The summed E-state index contributed by atoms with van der Waals surface area (Å²) in [4.78, 5) is 16.4. The molecule has 196 valence electrons. The molecule has 1 heterocycles. The second kappa shape index (κ2) is 11.7. The normalized spacial score (nSPS) is 12.0. The van der Waals surface area contributed by atoms with E-state index in [0.717, 1.165) is 42.3 Å². The average molecular weight is 544 g/mol. The Hall–Kier alpha value is -4.43. The summed E-state index contributed by atoms with van der Waals surface area (Å²) in [6.07, 6.45) is 7.44. The Kier molecular flexibility index (Phi) is 8.70. The van der Waals surface area contributed by atoms with Crippen molar-refractivity contribution in [1.82, 2.24) is 10.3 Å². The van der Waals surface area contributed by atoms with E-state index >= 15 is 0 Å². The summed E-state index contributed by atoms with van der Waals surface area (Å²) in [7, 11) is -3.80. The molecular weight excluding hydrogens is 522 g/mol. The van der Waals surface area contributed by atoms with Gasteiger partial charge < -0.3 is 5.32 Å². The number of carbonyl (C=O) groups is 1. The zero-order valence-electron chi connectivity index (χ0n) is 19.9. The molecule has 0 unspecified atom stereocenters. The molecule has 38 heavy (non-hydrogen) atoms. The maximum atomic E-state index is 14.4. The summed E-state index contributed by atoms with van der Waals surface area (Å²) < 4.78 is 80.3. The van der Waals surface area contributed by atoms with Crippen molar-refractivity contribution in [3.05, 3.63) is 100 Å². The van der Waals surface area contributed by atoms with E-state index < -0.39 is 39.2 Å². The molecule has 0 bridgehead atoms. The van der Waals surface area contributed by atoms with Gasteiger partial charge in [-0.15, -0.1) is 6.42 Å². The van der Waals surface area contributed by atoms with Crippen LogP contribution in [-0.4, -0.2) is 25.6 Å². The summed E-state index contributed by atoms with van der Waals surface area (Å²) in [5, 5.41) is 2.43. The standard InChI is InChI=1S/C27H21F4N3O3S/c1-3-20-15-19(16-23(28)26(20)34-38(2,36)37)17-33-25(35)12-10-21-22(27(29,30)31)13-14-32-24(21)11-9-18-7-5-4-6-8-18/h1,4-16,34H,17H2,2H3,(H,33,35). The van der Waals surface area contributed by atoms with Crippen LogP contribution < -0.4 is 10.0 Å². The van der Waals surface area contributed by atoms with Crippen LogP contribution in [0.15, 0.2) is 60.8 Å². The summed E-state index contributed by atoms with van der Waals surface area (Å²) in [6.45, 7) is -0.228. The Morgan fingerprint density at radius 2 is 1.82 bits per heavy atom. The number of alkyl halides is 3. The van der Waals surface area contributed by atoms with Crippen molar-refractivity contribution >= 4 is 39.8 Å². The molecule has 3 aromatic rings. The number of hydrogen-bond donors (Lipinski definition) is 2. The number of benzene rings is 2. The van der Waals surface area contributed by atoms with E-state index in [2.05, 4.69) is 16.2 Å². The van der Waals surface area contributed by atoms with E-state index in [9.17, 15) is 30.8 Å². The number of hydrogen-bond acceptors (Lipinski definition) is 4. The van der Waals surface area contributed by atoms with Crippen LogP contribution >= 0.6 is 0 Å². The number of nitrogens with zero attached hydrogens (tertiary/aromatic N) is 1. The molecule has 0 fully saturated rings. The highest BCUT2D eigenvalue weighted by Gasteiger charge is 2.33. The first-order valence-electron chi connectivity index (χ1n) is 10.9. The van der Waals surface area contributed by atoms with Crippen LogP contribution in [0.5, 0.6) is 0 Å². The van der Waals surface area contributed by atoms with Crippen molar-refractivity contribution in [2.45, 2.75) is 12.7 Å². The van der Waals surface area contributed by atoms with Gasteiger partial charge in [0.2, 0.25) is 15.9 Å². The van der Waals surface area contributed by atoms with Crippen molar-refractivity contribution < 1.29 is 30.8 Å². The molecule has 0 radical (unpaired) electrons. The fourth-order valence-electron chi connectivity index (χ4n) is 3.36. The van der Waals surface area contributed by atoms with Gasteiger partial charge in [0.15, 0.2) is 0 Å². The third-order valence-electron chi connectivity index (χ3n) is 5.02. The molecule has 0 aliphatic carbocycles. The summed E-state index contributed by atoms with van der Waals surface area (Å²) in [5.41, 5.74) is -0.816. The van der Waals surface area contributed by atoms with Crippen molar-refractivity contribution in [1.29, 1.82) is 0 Å². The van der Waals surface area contributed by atoms with Crippen molar-refractivity contribution in [3.8, 4) is 12.3 Å². The average Bonchev–Trinajstić information content (AvgIpc) is 2.85. The van der Waals surface area contributed by atoms with Gasteiger partial charge in [-0.3, -0.25) is 14.5 Å². The predicted molar refractivity (Wildman–Crippen MR) is 138 cm³/mol. The molecule has 0 saturated heterocycles. The highest BCUT2D eigenvalue weighted by atomic mass is 32.2. The zero-order valence-corrected chi connectivity index (χ0v) is 20.7. The van der Waals surface area contributed by atoms with Crippen molar-refractivity contribution in [3.63, 3.8) is 0 Å². The summed E-state index contributed by atoms with van der Waals surface area (Å²) >= 11 is 0. The molecule has 0 spiro atoms. The van der Waals surface area contributed by atoms with Gasteiger partial charge in [-0.2, -0.15) is 13.2 Å². The topological polar surface area (TPSA) is 88.2 Å². The van der Waals surface area contributed by atoms with Gasteiger partial charge in [-0.05, 0) is 41.5 Å². The number of sulfonamides is 1. The molecule has 0 atom stereocenters. The van der Waals surface area contributed by atoms with E-state index in [1.807, 2.05) is 4.72 Å². The van der Waals surface area contributed by atoms with E-state index in [1.54, 1.807) is 36.4 Å². The lowest BCUT2D eigenvalue weighted by Crippen LogP contribution is -2.21. The smallest absolute Gasteiger partial charge is 0.348 e. The second-order valence-electron chi connectivity index (χ2n) is 7.97. The third-order valence-corrected chi connectivity index (χ3v) is 5.60. The molecule has 3 rings (SSSR count). The lowest BCUT2D eigenvalue weighted by atomic mass is 10.0. The van der Waals surface area contributed by atoms with E-state index in [-0.39, 0.29) is 28.9 Å². The first kappa shape index (κ1) is 28.1. The number of pyridine rings is 1. The maximum absolute atomic E-state index is 14.4. The van der Waals surface area contributed by atoms with Gasteiger partial charge in [0.1, 0.15) is 5.82 Å². The van der Waals surface area contributed by atoms with E-state index in [1.165, 1.54) is 12.1 Å². The first-order valence-corrected chi connectivity index (χ1v) is 12.8. The van der Waals surface area contributed by atoms with E-state index in [4.69, 9.17) is 6.42 Å². The van der Waals surface area contributed by atoms with Gasteiger partial charge in [0, 0.05) is 24.4 Å². The number of terminal acetylenes is 1. The quantitative estimate of drug-likeness (QED) is 0.235. The lowest BCUT2D eigenvalue weighted by molar-refractivity contribution is -0.137. The maximum Gasteiger partial charge on any atom is 0.417 e. The Morgan fingerprint density at radius 1 is 1.11 bits per heavy atom. The van der Waals surface area contributed by atoms with E-state index in [0.29, 0.717) is 0 Å². The number of halogens is 4. The number of amides is 1. The predicted octanol–water partition coefficient (Wildman–Crippen LogP) is 5.09. The monoisotopic (exact) mass is 543 g/mol. The Labute approximate surface area is 217 Å². The molecule has 0 aliphatic rings. The van der Waals surface area contributed by atoms with Crippen LogP contribution in [0.25, 0.3) is 18.2 Å². The highest BCUT2D eigenvalue weighted by Crippen LogP contribution is 2.34. The van der Waals surface area contributed by atoms with Crippen molar-refractivity contribution in [2.24, 2.45) is 0 Å². The van der Waals surface area contributed by atoms with Crippen molar-refractivity contribution in [2.75, 3.05) is 11.0 Å². The molecule has 1 aromatic heterocycles. The molecule has 0 saturated carbocycles. The Bertz CT molecular complexity index is 1540. The summed E-state index contributed by atoms with van der Waals surface area (Å²) in [6, 6.07) is 12.0. The molecule has 6 nitrogen and oxygen atoms in total. The van der Waals surface area contributed by atoms with Crippen LogP contribution in [0.4, 0.5) is 23.2 Å². The molecule has 11 heteroatoms. The Morgan fingerprint density at radius 3 is 2.45 bits per heavy atom. The lowest BCUT2D eigenvalue weighted by Gasteiger charge is -2.12. The summed E-state index contributed by atoms with van der Waals surface area (Å²) in [5.74, 6) is 0.454. The fourth-order valence-corrected chi connectivity index (χ4v) is 3.94. The van der Waals surface area contributed by atoms with Crippen LogP contribution in [0.2, 0.25) is 0 Å². The molecular formula is C27H21F4N3O3S. The number of rotatable bonds is 8. The molecule has 2 aromatic carbocycles. The minimum atomic E-state index is -4.70.